The summed E-state index contributed by atoms with van der Waals surface area (Å²) in [5.74, 6) is 0.508. The minimum atomic E-state index is 0.128. The number of hydrogen-bond donors (Lipinski definition) is 1. The fraction of sp³-hybridized carbons (Fsp3) is 0.250. The summed E-state index contributed by atoms with van der Waals surface area (Å²) in [4.78, 5) is 18.3. The third-order valence-corrected chi connectivity index (χ3v) is 5.32. The van der Waals surface area contributed by atoms with E-state index >= 15 is 0 Å². The van der Waals surface area contributed by atoms with Crippen LogP contribution in [0.5, 0.6) is 0 Å². The molecule has 1 unspecified atom stereocenters. The largest absolute Gasteiger partial charge is 0.358 e. The van der Waals surface area contributed by atoms with Crippen molar-refractivity contribution in [3.05, 3.63) is 70.3 Å². The molecule has 0 saturated carbocycles. The Morgan fingerprint density at radius 3 is 2.71 bits per heavy atom. The number of fused-ring (bicyclic) bond motifs is 1. The summed E-state index contributed by atoms with van der Waals surface area (Å²) >= 11 is 3.42. The first-order valence-electron chi connectivity index (χ1n) is 8.33. The van der Waals surface area contributed by atoms with Gasteiger partial charge in [-0.15, -0.1) is 0 Å². The molecule has 1 atom stereocenters. The van der Waals surface area contributed by atoms with Crippen LogP contribution in [0.4, 0.5) is 0 Å². The van der Waals surface area contributed by atoms with E-state index < -0.39 is 0 Å². The van der Waals surface area contributed by atoms with E-state index in [4.69, 9.17) is 0 Å². The van der Waals surface area contributed by atoms with Gasteiger partial charge in [0.1, 0.15) is 0 Å². The van der Waals surface area contributed by atoms with Gasteiger partial charge in [0.2, 0.25) is 0 Å². The number of halogens is 1. The zero-order valence-electron chi connectivity index (χ0n) is 13.3. The van der Waals surface area contributed by atoms with E-state index in [0.717, 1.165) is 36.0 Å². The van der Waals surface area contributed by atoms with Crippen LogP contribution in [0, 0.1) is 0 Å². The normalized spacial score (nSPS) is 18.0. The van der Waals surface area contributed by atoms with Gasteiger partial charge >= 0.3 is 0 Å². The highest BCUT2D eigenvalue weighted by Crippen LogP contribution is 2.29. The number of nitrogens with zero attached hydrogens (tertiary/aromatic N) is 1. The third kappa shape index (κ3) is 2.98. The van der Waals surface area contributed by atoms with Gasteiger partial charge in [-0.05, 0) is 54.6 Å². The minimum Gasteiger partial charge on any atom is -0.358 e. The minimum absolute atomic E-state index is 0.128. The quantitative estimate of drug-likeness (QED) is 0.668. The summed E-state index contributed by atoms with van der Waals surface area (Å²) in [7, 11) is 0. The van der Waals surface area contributed by atoms with E-state index in [-0.39, 0.29) is 5.91 Å². The molecule has 0 radical (unpaired) electrons. The van der Waals surface area contributed by atoms with Crippen LogP contribution in [-0.2, 0) is 0 Å². The average molecular weight is 383 g/mol. The lowest BCUT2D eigenvalue weighted by atomic mass is 9.94. The Bertz CT molecular complexity index is 836. The smallest absolute Gasteiger partial charge is 0.253 e. The summed E-state index contributed by atoms with van der Waals surface area (Å²) in [5, 5.41) is 1.24. The van der Waals surface area contributed by atoms with E-state index in [1.54, 1.807) is 0 Å². The SMILES string of the molecule is O=C(c1ccc(Br)cc1)N1CCCC(c2cc3ccccc3[nH]2)C1. The van der Waals surface area contributed by atoms with E-state index in [1.165, 1.54) is 16.6 Å². The zero-order valence-corrected chi connectivity index (χ0v) is 14.9. The van der Waals surface area contributed by atoms with Crippen LogP contribution in [0.15, 0.2) is 59.1 Å². The topological polar surface area (TPSA) is 36.1 Å². The Hall–Kier alpha value is -2.07. The number of benzene rings is 2. The number of carbonyl (C=O) groups excluding carboxylic acids is 1. The molecule has 1 saturated heterocycles. The molecule has 122 valence electrons. The van der Waals surface area contributed by atoms with Gasteiger partial charge in [-0.3, -0.25) is 4.79 Å². The molecule has 1 amide bonds. The fourth-order valence-corrected chi connectivity index (χ4v) is 3.77. The maximum Gasteiger partial charge on any atom is 0.253 e. The maximum atomic E-state index is 12.8. The highest BCUT2D eigenvalue weighted by Gasteiger charge is 2.26. The second-order valence-corrected chi connectivity index (χ2v) is 7.32. The number of nitrogens with one attached hydrogen (secondary N) is 1. The Morgan fingerprint density at radius 2 is 1.92 bits per heavy atom. The molecule has 1 aliphatic rings. The van der Waals surface area contributed by atoms with Gasteiger partial charge < -0.3 is 9.88 Å². The van der Waals surface area contributed by atoms with Gasteiger partial charge in [0.25, 0.3) is 5.91 Å². The van der Waals surface area contributed by atoms with Crippen molar-refractivity contribution in [2.45, 2.75) is 18.8 Å². The van der Waals surface area contributed by atoms with E-state index in [9.17, 15) is 4.79 Å². The molecule has 2 aromatic carbocycles. The number of likely N-dealkylation sites (tertiary alicyclic amines) is 1. The standard InChI is InChI=1S/C20H19BrN2O/c21-17-9-7-14(8-10-17)20(24)23-11-3-5-16(13-23)19-12-15-4-1-2-6-18(15)22-19/h1-2,4,6-10,12,16,22H,3,5,11,13H2. The van der Waals surface area contributed by atoms with Crippen LogP contribution in [0.25, 0.3) is 10.9 Å². The van der Waals surface area contributed by atoms with Crippen molar-refractivity contribution >= 4 is 32.7 Å². The monoisotopic (exact) mass is 382 g/mol. The molecule has 0 aliphatic carbocycles. The average Bonchev–Trinajstić information content (AvgIpc) is 3.06. The van der Waals surface area contributed by atoms with Gasteiger partial charge in [0.05, 0.1) is 0 Å². The van der Waals surface area contributed by atoms with Gasteiger partial charge in [0.15, 0.2) is 0 Å². The lowest BCUT2D eigenvalue weighted by Crippen LogP contribution is -2.39. The molecule has 0 bridgehead atoms. The van der Waals surface area contributed by atoms with Gasteiger partial charge in [-0.25, -0.2) is 0 Å². The number of aromatic nitrogens is 1. The third-order valence-electron chi connectivity index (χ3n) is 4.79. The fourth-order valence-electron chi connectivity index (χ4n) is 3.51. The Balaban J connectivity index is 1.54. The number of piperidine rings is 1. The van der Waals surface area contributed by atoms with Gasteiger partial charge in [0, 0.05) is 40.3 Å². The molecule has 3 nitrogen and oxygen atoms in total. The van der Waals surface area contributed by atoms with Gasteiger partial charge in [-0.1, -0.05) is 34.1 Å². The summed E-state index contributed by atoms with van der Waals surface area (Å²) in [6.07, 6.45) is 2.17. The molecule has 2 heterocycles. The Morgan fingerprint density at radius 1 is 1.12 bits per heavy atom. The molecule has 1 N–H and O–H groups in total. The van der Waals surface area contributed by atoms with Crippen molar-refractivity contribution in [1.29, 1.82) is 0 Å². The van der Waals surface area contributed by atoms with Crippen LogP contribution >= 0.6 is 15.9 Å². The number of amides is 1. The van der Waals surface area contributed by atoms with Gasteiger partial charge in [-0.2, -0.15) is 0 Å². The lowest BCUT2D eigenvalue weighted by Gasteiger charge is -2.32. The summed E-state index contributed by atoms with van der Waals surface area (Å²) in [6, 6.07) is 18.2. The molecule has 4 rings (SSSR count). The number of para-hydroxylation sites is 1. The Kier molecular flexibility index (Phi) is 4.15. The lowest BCUT2D eigenvalue weighted by molar-refractivity contribution is 0.0706. The van der Waals surface area contributed by atoms with E-state index in [0.29, 0.717) is 5.92 Å². The predicted octanol–water partition coefficient (Wildman–Crippen LogP) is 4.95. The molecule has 4 heteroatoms. The molecular formula is C20H19BrN2O. The zero-order chi connectivity index (χ0) is 16.5. The Labute approximate surface area is 149 Å². The second-order valence-electron chi connectivity index (χ2n) is 6.41. The maximum absolute atomic E-state index is 12.8. The van der Waals surface area contributed by atoms with Crippen LogP contribution in [0.1, 0.15) is 34.8 Å². The molecule has 3 aromatic rings. The molecule has 1 aromatic heterocycles. The molecule has 1 aliphatic heterocycles. The van der Waals surface area contributed by atoms with Crippen LogP contribution < -0.4 is 0 Å². The van der Waals surface area contributed by atoms with Crippen molar-refractivity contribution in [2.24, 2.45) is 0 Å². The number of carbonyl (C=O) groups is 1. The van der Waals surface area contributed by atoms with Crippen LogP contribution in [0.2, 0.25) is 0 Å². The van der Waals surface area contributed by atoms with Crippen molar-refractivity contribution in [1.82, 2.24) is 9.88 Å². The van der Waals surface area contributed by atoms with E-state index in [2.05, 4.69) is 45.2 Å². The molecular weight excluding hydrogens is 364 g/mol. The van der Waals surface area contributed by atoms with Crippen molar-refractivity contribution in [2.75, 3.05) is 13.1 Å². The van der Waals surface area contributed by atoms with Crippen LogP contribution in [0.3, 0.4) is 0 Å². The summed E-state index contributed by atoms with van der Waals surface area (Å²) < 4.78 is 0.994. The van der Waals surface area contributed by atoms with Crippen LogP contribution in [-0.4, -0.2) is 28.9 Å². The number of aromatic amines is 1. The number of H-pyrrole nitrogens is 1. The molecule has 24 heavy (non-hydrogen) atoms. The van der Waals surface area contributed by atoms with Crippen molar-refractivity contribution in [3.8, 4) is 0 Å². The first-order valence-corrected chi connectivity index (χ1v) is 9.12. The molecule has 0 spiro atoms. The van der Waals surface area contributed by atoms with Crippen molar-refractivity contribution < 1.29 is 4.79 Å². The van der Waals surface area contributed by atoms with E-state index in [1.807, 2.05) is 35.2 Å². The summed E-state index contributed by atoms with van der Waals surface area (Å²) in [5.41, 5.74) is 3.17. The number of hydrogen-bond acceptors (Lipinski definition) is 1. The first-order chi connectivity index (χ1) is 11.7. The predicted molar refractivity (Wildman–Crippen MR) is 100 cm³/mol. The second kappa shape index (κ2) is 6.44. The summed E-state index contributed by atoms with van der Waals surface area (Å²) in [6.45, 7) is 1.62. The first kappa shape index (κ1) is 15.5. The van der Waals surface area contributed by atoms with Crippen molar-refractivity contribution in [3.63, 3.8) is 0 Å². The number of rotatable bonds is 2. The highest BCUT2D eigenvalue weighted by atomic mass is 79.9. The molecule has 1 fully saturated rings. The highest BCUT2D eigenvalue weighted by molar-refractivity contribution is 9.10.